The highest BCUT2D eigenvalue weighted by atomic mass is 16.5. The maximum absolute atomic E-state index is 12.3. The second kappa shape index (κ2) is 5.57. The van der Waals surface area contributed by atoms with Crippen molar-refractivity contribution >= 4 is 11.6 Å². The van der Waals surface area contributed by atoms with Crippen LogP contribution in [0.5, 0.6) is 11.5 Å². The van der Waals surface area contributed by atoms with Crippen molar-refractivity contribution in [3.63, 3.8) is 0 Å². The predicted molar refractivity (Wildman–Crippen MR) is 80.3 cm³/mol. The van der Waals surface area contributed by atoms with E-state index in [4.69, 9.17) is 9.47 Å². The van der Waals surface area contributed by atoms with Gasteiger partial charge in [-0.05, 0) is 24.3 Å². The summed E-state index contributed by atoms with van der Waals surface area (Å²) in [4.78, 5) is 12.3. The average Bonchev–Trinajstić information content (AvgIpc) is 2.57. The molecule has 2 aromatic rings. The molecule has 114 valence electrons. The molecule has 0 radical (unpaired) electrons. The lowest BCUT2D eigenvalue weighted by Crippen LogP contribution is -2.40. The lowest BCUT2D eigenvalue weighted by Gasteiger charge is -2.33. The number of para-hydroxylation sites is 1. The average molecular weight is 300 g/mol. The van der Waals surface area contributed by atoms with Gasteiger partial charge < -0.3 is 14.8 Å². The third kappa shape index (κ3) is 2.23. The molecule has 1 aliphatic rings. The van der Waals surface area contributed by atoms with Gasteiger partial charge in [-0.15, -0.1) is 0 Å². The lowest BCUT2D eigenvalue weighted by atomic mass is 10.0. The molecule has 0 spiro atoms. The fraction of sp³-hybridized carbons (Fsp3) is 0.188. The maximum atomic E-state index is 12.3. The second-order valence-electron chi connectivity index (χ2n) is 4.86. The molecule has 1 aliphatic heterocycles. The molecule has 0 unspecified atom stereocenters. The number of nitrogens with zero attached hydrogens (tertiary/aromatic N) is 1. The Labute approximate surface area is 127 Å². The quantitative estimate of drug-likeness (QED) is 0.853. The van der Waals surface area contributed by atoms with Crippen LogP contribution in [0.25, 0.3) is 0 Å². The number of benzene rings is 2. The first-order valence-electron chi connectivity index (χ1n) is 6.75. The number of hydrogen-bond acceptors (Lipinski definition) is 5. The Morgan fingerprint density at radius 2 is 1.82 bits per heavy atom. The van der Waals surface area contributed by atoms with Crippen molar-refractivity contribution in [2.45, 2.75) is 6.17 Å². The molecule has 3 rings (SSSR count). The standard InChI is InChI=1S/C16H16N2O4/c1-21-13-8-7-10(9-14(13)22-2)15-17-12-6-4-3-5-11(12)16(19)18(15)20/h3-9,15,17,20H,1-2H3/t15-/m1/s1. The van der Waals surface area contributed by atoms with Crippen molar-refractivity contribution < 1.29 is 19.5 Å². The summed E-state index contributed by atoms with van der Waals surface area (Å²) < 4.78 is 10.5. The van der Waals surface area contributed by atoms with Gasteiger partial charge in [0.05, 0.1) is 19.8 Å². The Hall–Kier alpha value is -2.73. The van der Waals surface area contributed by atoms with E-state index in [1.807, 2.05) is 6.07 Å². The summed E-state index contributed by atoms with van der Waals surface area (Å²) >= 11 is 0. The van der Waals surface area contributed by atoms with E-state index in [1.165, 1.54) is 7.11 Å². The van der Waals surface area contributed by atoms with Crippen LogP contribution in [0.2, 0.25) is 0 Å². The number of hydrogen-bond donors (Lipinski definition) is 2. The van der Waals surface area contributed by atoms with Crippen molar-refractivity contribution in [1.82, 2.24) is 5.06 Å². The number of carbonyl (C=O) groups is 1. The van der Waals surface area contributed by atoms with E-state index in [-0.39, 0.29) is 0 Å². The van der Waals surface area contributed by atoms with Crippen molar-refractivity contribution in [3.8, 4) is 11.5 Å². The van der Waals surface area contributed by atoms with Crippen LogP contribution in [0.4, 0.5) is 5.69 Å². The molecular weight excluding hydrogens is 284 g/mol. The van der Waals surface area contributed by atoms with E-state index in [2.05, 4.69) is 5.32 Å². The number of amides is 1. The number of nitrogens with one attached hydrogen (secondary N) is 1. The van der Waals surface area contributed by atoms with Gasteiger partial charge in [0, 0.05) is 11.3 Å². The van der Waals surface area contributed by atoms with E-state index in [0.717, 1.165) is 0 Å². The Balaban J connectivity index is 2.01. The van der Waals surface area contributed by atoms with Crippen LogP contribution in [-0.4, -0.2) is 30.4 Å². The van der Waals surface area contributed by atoms with Crippen LogP contribution in [0, 0.1) is 0 Å². The lowest BCUT2D eigenvalue weighted by molar-refractivity contribution is -0.0851. The zero-order valence-electron chi connectivity index (χ0n) is 12.2. The molecule has 2 N–H and O–H groups in total. The Bertz CT molecular complexity index is 717. The van der Waals surface area contributed by atoms with Crippen LogP contribution in [0.15, 0.2) is 42.5 Å². The molecule has 0 saturated carbocycles. The van der Waals surface area contributed by atoms with E-state index in [0.29, 0.717) is 33.4 Å². The summed E-state index contributed by atoms with van der Waals surface area (Å²) in [7, 11) is 3.08. The molecule has 22 heavy (non-hydrogen) atoms. The van der Waals surface area contributed by atoms with Gasteiger partial charge in [-0.25, -0.2) is 0 Å². The highest BCUT2D eigenvalue weighted by Gasteiger charge is 2.32. The van der Waals surface area contributed by atoms with Crippen LogP contribution in [0.3, 0.4) is 0 Å². The van der Waals surface area contributed by atoms with Crippen LogP contribution in [-0.2, 0) is 0 Å². The molecule has 0 bridgehead atoms. The fourth-order valence-electron chi connectivity index (χ4n) is 2.49. The number of carbonyl (C=O) groups excluding carboxylic acids is 1. The molecule has 6 nitrogen and oxygen atoms in total. The largest absolute Gasteiger partial charge is 0.493 e. The molecule has 0 fully saturated rings. The van der Waals surface area contributed by atoms with Gasteiger partial charge in [0.1, 0.15) is 0 Å². The van der Waals surface area contributed by atoms with E-state index in [1.54, 1.807) is 43.5 Å². The molecule has 1 heterocycles. The summed E-state index contributed by atoms with van der Waals surface area (Å²) in [5.74, 6) is 0.661. The summed E-state index contributed by atoms with van der Waals surface area (Å²) in [6.45, 7) is 0. The smallest absolute Gasteiger partial charge is 0.281 e. The third-order valence-corrected chi connectivity index (χ3v) is 3.63. The van der Waals surface area contributed by atoms with E-state index >= 15 is 0 Å². The number of ether oxygens (including phenoxy) is 2. The highest BCUT2D eigenvalue weighted by molar-refractivity contribution is 6.01. The molecule has 6 heteroatoms. The zero-order chi connectivity index (χ0) is 15.7. The number of anilines is 1. The molecule has 1 atom stereocenters. The Morgan fingerprint density at radius 1 is 1.09 bits per heavy atom. The van der Waals surface area contributed by atoms with Crippen molar-refractivity contribution in [2.24, 2.45) is 0 Å². The van der Waals surface area contributed by atoms with E-state index in [9.17, 15) is 10.0 Å². The topological polar surface area (TPSA) is 71.0 Å². The van der Waals surface area contributed by atoms with Gasteiger partial charge in [0.15, 0.2) is 17.7 Å². The second-order valence-corrected chi connectivity index (χ2v) is 4.86. The predicted octanol–water partition coefficient (Wildman–Crippen LogP) is 2.66. The third-order valence-electron chi connectivity index (χ3n) is 3.63. The molecule has 0 aliphatic carbocycles. The fourth-order valence-corrected chi connectivity index (χ4v) is 2.49. The van der Waals surface area contributed by atoms with Gasteiger partial charge in [0.25, 0.3) is 5.91 Å². The summed E-state index contributed by atoms with van der Waals surface area (Å²) in [5, 5.41) is 14.0. The minimum absolute atomic E-state index is 0.432. The van der Waals surface area contributed by atoms with Crippen LogP contribution in [0.1, 0.15) is 22.1 Å². The monoisotopic (exact) mass is 300 g/mol. The highest BCUT2D eigenvalue weighted by Crippen LogP contribution is 2.35. The summed E-state index contributed by atoms with van der Waals surface area (Å²) in [5.41, 5.74) is 1.79. The molecule has 2 aromatic carbocycles. The minimum atomic E-state index is -0.692. The Kier molecular flexibility index (Phi) is 3.60. The van der Waals surface area contributed by atoms with Gasteiger partial charge in [-0.1, -0.05) is 18.2 Å². The van der Waals surface area contributed by atoms with Gasteiger partial charge in [-0.3, -0.25) is 10.0 Å². The number of fused-ring (bicyclic) bond motifs is 1. The van der Waals surface area contributed by atoms with Crippen molar-refractivity contribution in [3.05, 3.63) is 53.6 Å². The first-order chi connectivity index (χ1) is 10.7. The maximum Gasteiger partial charge on any atom is 0.281 e. The number of methoxy groups -OCH3 is 2. The summed E-state index contributed by atoms with van der Waals surface area (Å²) in [6.07, 6.45) is -0.692. The van der Waals surface area contributed by atoms with Gasteiger partial charge >= 0.3 is 0 Å². The van der Waals surface area contributed by atoms with E-state index < -0.39 is 12.1 Å². The normalized spacial score (nSPS) is 16.8. The van der Waals surface area contributed by atoms with Gasteiger partial charge in [-0.2, -0.15) is 5.06 Å². The minimum Gasteiger partial charge on any atom is -0.493 e. The van der Waals surface area contributed by atoms with Crippen LogP contribution < -0.4 is 14.8 Å². The van der Waals surface area contributed by atoms with Crippen molar-refractivity contribution in [2.75, 3.05) is 19.5 Å². The number of rotatable bonds is 3. The first kappa shape index (κ1) is 14.2. The van der Waals surface area contributed by atoms with Crippen molar-refractivity contribution in [1.29, 1.82) is 0 Å². The Morgan fingerprint density at radius 3 is 2.55 bits per heavy atom. The molecule has 1 amide bonds. The number of hydroxylamine groups is 2. The zero-order valence-corrected chi connectivity index (χ0v) is 12.2. The summed E-state index contributed by atoms with van der Waals surface area (Å²) in [6, 6.07) is 12.3. The first-order valence-corrected chi connectivity index (χ1v) is 6.75. The SMILES string of the molecule is COc1ccc([C@@H]2Nc3ccccc3C(=O)N2O)cc1OC. The molecule has 0 saturated heterocycles. The molecule has 0 aromatic heterocycles. The van der Waals surface area contributed by atoms with Crippen LogP contribution >= 0.6 is 0 Å². The van der Waals surface area contributed by atoms with Gasteiger partial charge in [0.2, 0.25) is 0 Å². The molecular formula is C16H16N2O4.